The molecule has 0 fully saturated rings. The zero-order valence-electron chi connectivity index (χ0n) is 11.0. The van der Waals surface area contributed by atoms with Gasteiger partial charge in [-0.2, -0.15) is 5.10 Å². The van der Waals surface area contributed by atoms with Crippen molar-refractivity contribution in [1.29, 1.82) is 0 Å². The molecular weight excluding hydrogens is 303 g/mol. The maximum Gasteiger partial charge on any atom is 0.0677 e. The van der Waals surface area contributed by atoms with Crippen molar-refractivity contribution in [3.05, 3.63) is 50.8 Å². The fraction of sp³-hybridized carbons (Fsp3) is 0.357. The van der Waals surface area contributed by atoms with E-state index in [2.05, 4.69) is 5.10 Å². The molecule has 0 bridgehead atoms. The highest BCUT2D eigenvalue weighted by Crippen LogP contribution is 2.28. The lowest BCUT2D eigenvalue weighted by Gasteiger charge is -2.08. The van der Waals surface area contributed by atoms with E-state index in [4.69, 9.17) is 34.8 Å². The summed E-state index contributed by atoms with van der Waals surface area (Å²) in [6, 6.07) is 5.45. The summed E-state index contributed by atoms with van der Waals surface area (Å²) in [5.41, 5.74) is 4.06. The second-order valence-corrected chi connectivity index (χ2v) is 6.09. The molecule has 5 heteroatoms. The van der Waals surface area contributed by atoms with Crippen LogP contribution in [0.4, 0.5) is 0 Å². The first-order chi connectivity index (χ1) is 8.90. The van der Waals surface area contributed by atoms with Crippen molar-refractivity contribution >= 4 is 34.8 Å². The monoisotopic (exact) mass is 316 g/mol. The van der Waals surface area contributed by atoms with Gasteiger partial charge in [-0.1, -0.05) is 23.2 Å². The molecule has 0 aliphatic carbocycles. The molecule has 0 spiro atoms. The summed E-state index contributed by atoms with van der Waals surface area (Å²) in [6.45, 7) is 6.54. The van der Waals surface area contributed by atoms with Gasteiger partial charge >= 0.3 is 0 Å². The van der Waals surface area contributed by atoms with E-state index in [9.17, 15) is 0 Å². The van der Waals surface area contributed by atoms with Crippen LogP contribution in [0.1, 0.15) is 34.8 Å². The van der Waals surface area contributed by atoms with E-state index in [0.717, 1.165) is 22.5 Å². The van der Waals surface area contributed by atoms with Crippen molar-refractivity contribution in [3.63, 3.8) is 0 Å². The fourth-order valence-corrected chi connectivity index (χ4v) is 2.95. The maximum absolute atomic E-state index is 6.19. The lowest BCUT2D eigenvalue weighted by molar-refractivity contribution is 0.658. The summed E-state index contributed by atoms with van der Waals surface area (Å²) >= 11 is 18.4. The zero-order valence-corrected chi connectivity index (χ0v) is 13.3. The predicted octanol–water partition coefficient (Wildman–Crippen LogP) is 5.15. The number of aryl methyl sites for hydroxylation is 1. The Morgan fingerprint density at radius 2 is 1.95 bits per heavy atom. The highest BCUT2D eigenvalue weighted by molar-refractivity contribution is 6.33. The van der Waals surface area contributed by atoms with Crippen LogP contribution in [-0.2, 0) is 6.54 Å². The highest BCUT2D eigenvalue weighted by Gasteiger charge is 2.16. The molecule has 1 aromatic heterocycles. The van der Waals surface area contributed by atoms with Crippen LogP contribution in [0.2, 0.25) is 10.0 Å². The molecule has 2 nitrogen and oxygen atoms in total. The summed E-state index contributed by atoms with van der Waals surface area (Å²) in [5.74, 6) is 0. The van der Waals surface area contributed by atoms with Gasteiger partial charge in [-0.3, -0.25) is 4.68 Å². The molecule has 1 heterocycles. The van der Waals surface area contributed by atoms with Crippen molar-refractivity contribution in [3.8, 4) is 0 Å². The van der Waals surface area contributed by atoms with Crippen LogP contribution in [0.5, 0.6) is 0 Å². The van der Waals surface area contributed by atoms with Crippen molar-refractivity contribution in [2.75, 3.05) is 0 Å². The molecule has 0 amide bonds. The number of hydrogen-bond donors (Lipinski definition) is 0. The van der Waals surface area contributed by atoms with Crippen LogP contribution in [-0.4, -0.2) is 9.78 Å². The van der Waals surface area contributed by atoms with E-state index >= 15 is 0 Å². The van der Waals surface area contributed by atoms with Crippen molar-refractivity contribution in [2.24, 2.45) is 0 Å². The Hall–Kier alpha value is -0.700. The molecule has 0 aliphatic heterocycles. The molecule has 2 aromatic rings. The quantitative estimate of drug-likeness (QED) is 0.715. The number of rotatable bonds is 3. The molecular formula is C14H15Cl3N2. The summed E-state index contributed by atoms with van der Waals surface area (Å²) < 4.78 is 1.92. The third-order valence-corrected chi connectivity index (χ3v) is 3.99. The molecule has 19 heavy (non-hydrogen) atoms. The Bertz CT molecular complexity index is 603. The van der Waals surface area contributed by atoms with E-state index in [1.165, 1.54) is 0 Å². The van der Waals surface area contributed by atoms with Gasteiger partial charge < -0.3 is 0 Å². The Kier molecular flexibility index (Phi) is 4.44. The molecule has 0 saturated heterocycles. The first-order valence-corrected chi connectivity index (χ1v) is 7.21. The van der Waals surface area contributed by atoms with Gasteiger partial charge in [-0.05, 0) is 44.5 Å². The SMILES string of the molecule is Cc1nn(Cc2cc(Cl)ccc2Cl)c(C)c1C(C)Cl. The fourth-order valence-electron chi connectivity index (χ4n) is 2.27. The molecule has 0 radical (unpaired) electrons. The van der Waals surface area contributed by atoms with Crippen LogP contribution in [0.3, 0.4) is 0 Å². The summed E-state index contributed by atoms with van der Waals surface area (Å²) in [7, 11) is 0. The minimum Gasteiger partial charge on any atom is -0.265 e. The molecule has 0 aliphatic rings. The highest BCUT2D eigenvalue weighted by atomic mass is 35.5. The molecule has 0 N–H and O–H groups in total. The third-order valence-electron chi connectivity index (χ3n) is 3.16. The van der Waals surface area contributed by atoms with E-state index in [-0.39, 0.29) is 5.38 Å². The van der Waals surface area contributed by atoms with Crippen molar-refractivity contribution < 1.29 is 0 Å². The smallest absolute Gasteiger partial charge is 0.0677 e. The van der Waals surface area contributed by atoms with Crippen LogP contribution in [0, 0.1) is 13.8 Å². The Balaban J connectivity index is 2.39. The van der Waals surface area contributed by atoms with Gasteiger partial charge in [-0.15, -0.1) is 11.6 Å². The maximum atomic E-state index is 6.19. The largest absolute Gasteiger partial charge is 0.265 e. The minimum atomic E-state index is -0.0522. The van der Waals surface area contributed by atoms with Crippen molar-refractivity contribution in [1.82, 2.24) is 9.78 Å². The number of halogens is 3. The number of benzene rings is 1. The second-order valence-electron chi connectivity index (χ2n) is 4.59. The van der Waals surface area contributed by atoms with E-state index in [1.807, 2.05) is 31.5 Å². The molecule has 102 valence electrons. The summed E-state index contributed by atoms with van der Waals surface area (Å²) in [4.78, 5) is 0. The van der Waals surface area contributed by atoms with Gasteiger partial charge in [-0.25, -0.2) is 0 Å². The normalized spacial score (nSPS) is 12.7. The predicted molar refractivity (Wildman–Crippen MR) is 81.5 cm³/mol. The van der Waals surface area contributed by atoms with Gasteiger partial charge in [0.15, 0.2) is 0 Å². The van der Waals surface area contributed by atoms with Crippen molar-refractivity contribution in [2.45, 2.75) is 32.7 Å². The van der Waals surface area contributed by atoms with Crippen LogP contribution in [0.25, 0.3) is 0 Å². The summed E-state index contributed by atoms with van der Waals surface area (Å²) in [6.07, 6.45) is 0. The van der Waals surface area contributed by atoms with E-state index < -0.39 is 0 Å². The first-order valence-electron chi connectivity index (χ1n) is 6.02. The minimum absolute atomic E-state index is 0.0522. The average Bonchev–Trinajstić information content (AvgIpc) is 2.59. The van der Waals surface area contributed by atoms with Crippen LogP contribution in [0.15, 0.2) is 18.2 Å². The van der Waals surface area contributed by atoms with Gasteiger partial charge in [0.05, 0.1) is 17.6 Å². The molecule has 1 atom stereocenters. The Labute approximate surface area is 128 Å². The molecule has 2 rings (SSSR count). The average molecular weight is 318 g/mol. The van der Waals surface area contributed by atoms with Crippen LogP contribution < -0.4 is 0 Å². The molecule has 1 aromatic carbocycles. The van der Waals surface area contributed by atoms with E-state index in [0.29, 0.717) is 16.6 Å². The van der Waals surface area contributed by atoms with E-state index in [1.54, 1.807) is 12.1 Å². The van der Waals surface area contributed by atoms with Crippen LogP contribution >= 0.6 is 34.8 Å². The molecule has 0 saturated carbocycles. The second kappa shape index (κ2) is 5.74. The third kappa shape index (κ3) is 3.07. The first kappa shape index (κ1) is 14.7. The Morgan fingerprint density at radius 3 is 2.53 bits per heavy atom. The topological polar surface area (TPSA) is 17.8 Å². The number of aromatic nitrogens is 2. The lowest BCUT2D eigenvalue weighted by Crippen LogP contribution is -2.05. The number of alkyl halides is 1. The summed E-state index contributed by atoms with van der Waals surface area (Å²) in [5, 5.41) is 5.84. The standard InChI is InChI=1S/C14H15Cl3N2/c1-8(15)14-9(2)18-19(10(14)3)7-11-6-12(16)4-5-13(11)17/h4-6,8H,7H2,1-3H3. The van der Waals surface area contributed by atoms with Gasteiger partial charge in [0, 0.05) is 21.3 Å². The number of hydrogen-bond acceptors (Lipinski definition) is 1. The van der Waals surface area contributed by atoms with Gasteiger partial charge in [0.25, 0.3) is 0 Å². The Morgan fingerprint density at radius 1 is 1.26 bits per heavy atom. The molecule has 1 unspecified atom stereocenters. The lowest BCUT2D eigenvalue weighted by atomic mass is 10.1. The number of nitrogens with zero attached hydrogens (tertiary/aromatic N) is 2. The van der Waals surface area contributed by atoms with Gasteiger partial charge in [0.2, 0.25) is 0 Å². The van der Waals surface area contributed by atoms with Gasteiger partial charge in [0.1, 0.15) is 0 Å². The zero-order chi connectivity index (χ0) is 14.2.